The highest BCUT2D eigenvalue weighted by Crippen LogP contribution is 2.33. The largest absolute Gasteiger partial charge is 0.416 e. The Bertz CT molecular complexity index is 911. The Kier molecular flexibility index (Phi) is 2.95. The van der Waals surface area contributed by atoms with E-state index in [4.69, 9.17) is 4.43 Å². The zero-order chi connectivity index (χ0) is 14.4. The maximum absolute atomic E-state index is 5.96. The smallest absolute Gasteiger partial charge is 0.193 e. The second-order valence-corrected chi connectivity index (χ2v) is 7.32. The summed E-state index contributed by atoms with van der Waals surface area (Å²) >= 11 is 0. The molecule has 0 aliphatic heterocycles. The average Bonchev–Trinajstić information content (AvgIpc) is 2.51. The minimum atomic E-state index is -0.675. The summed E-state index contributed by atoms with van der Waals surface area (Å²) in [6, 6.07) is 20.0. The van der Waals surface area contributed by atoms with Gasteiger partial charge in [-0.1, -0.05) is 54.6 Å². The summed E-state index contributed by atoms with van der Waals surface area (Å²) in [5, 5.41) is 9.58. The monoisotopic (exact) mass is 290 g/mol. The summed E-state index contributed by atoms with van der Waals surface area (Å²) < 4.78 is 5.96. The third-order valence-electron chi connectivity index (χ3n) is 4.19. The van der Waals surface area contributed by atoms with Crippen LogP contribution >= 0.6 is 0 Å². The molecule has 0 spiro atoms. The number of benzene rings is 4. The molecule has 0 fully saturated rings. The van der Waals surface area contributed by atoms with E-state index < -0.39 is 9.76 Å². The molecule has 0 heterocycles. The second kappa shape index (κ2) is 4.83. The fourth-order valence-corrected chi connectivity index (χ4v) is 4.36. The van der Waals surface area contributed by atoms with Crippen molar-refractivity contribution >= 4 is 47.3 Å². The molecule has 104 valence electrons. The zero-order valence-electron chi connectivity index (χ0n) is 12.4. The van der Waals surface area contributed by atoms with Crippen LogP contribution in [0.25, 0.3) is 32.3 Å². The third kappa shape index (κ3) is 2.03. The third-order valence-corrected chi connectivity index (χ3v) is 5.95. The van der Waals surface area contributed by atoms with Gasteiger partial charge in [0.2, 0.25) is 0 Å². The molecule has 0 unspecified atom stereocenters. The number of rotatable bonds is 3. The van der Waals surface area contributed by atoms with Gasteiger partial charge in [-0.15, -0.1) is 0 Å². The van der Waals surface area contributed by atoms with E-state index in [0.29, 0.717) is 6.10 Å². The van der Waals surface area contributed by atoms with E-state index in [9.17, 15) is 0 Å². The van der Waals surface area contributed by atoms with Gasteiger partial charge in [0.1, 0.15) is 0 Å². The summed E-state index contributed by atoms with van der Waals surface area (Å²) in [5.41, 5.74) is 0. The molecule has 0 saturated heterocycles. The molecular formula is C19H18OSi. The minimum Gasteiger partial charge on any atom is -0.416 e. The molecule has 0 atom stereocenters. The van der Waals surface area contributed by atoms with Crippen molar-refractivity contribution < 1.29 is 4.43 Å². The highest BCUT2D eigenvalue weighted by Gasteiger charge is 2.11. The normalized spacial score (nSPS) is 12.7. The Morgan fingerprint density at radius 1 is 0.762 bits per heavy atom. The first-order valence-electron chi connectivity index (χ1n) is 7.51. The van der Waals surface area contributed by atoms with Gasteiger partial charge in [0, 0.05) is 6.10 Å². The van der Waals surface area contributed by atoms with E-state index in [1.807, 2.05) is 0 Å². The zero-order valence-corrected chi connectivity index (χ0v) is 13.8. The average molecular weight is 290 g/mol. The van der Waals surface area contributed by atoms with Crippen molar-refractivity contribution in [3.63, 3.8) is 0 Å². The lowest BCUT2D eigenvalue weighted by atomic mass is 9.94. The Morgan fingerprint density at radius 3 is 2.10 bits per heavy atom. The molecule has 1 nitrogen and oxygen atoms in total. The molecule has 2 heteroatoms. The van der Waals surface area contributed by atoms with Crippen molar-refractivity contribution in [1.82, 2.24) is 0 Å². The number of hydrogen-bond donors (Lipinski definition) is 0. The van der Waals surface area contributed by atoms with Gasteiger partial charge < -0.3 is 4.43 Å². The topological polar surface area (TPSA) is 9.23 Å². The molecule has 0 radical (unpaired) electrons. The first-order chi connectivity index (χ1) is 10.2. The fourth-order valence-electron chi connectivity index (χ4n) is 3.18. The van der Waals surface area contributed by atoms with Gasteiger partial charge in [0.05, 0.1) is 0 Å². The van der Waals surface area contributed by atoms with Crippen molar-refractivity contribution in [2.24, 2.45) is 0 Å². The molecule has 0 N–H and O–H groups in total. The highest BCUT2D eigenvalue weighted by atomic mass is 28.2. The summed E-state index contributed by atoms with van der Waals surface area (Å²) in [4.78, 5) is 0. The molecular weight excluding hydrogens is 272 g/mol. The van der Waals surface area contributed by atoms with E-state index >= 15 is 0 Å². The lowest BCUT2D eigenvalue weighted by Gasteiger charge is -2.14. The van der Waals surface area contributed by atoms with E-state index in [1.165, 1.54) is 37.5 Å². The maximum Gasteiger partial charge on any atom is 0.193 e. The van der Waals surface area contributed by atoms with Crippen LogP contribution in [0.15, 0.2) is 54.6 Å². The summed E-state index contributed by atoms with van der Waals surface area (Å²) in [5.74, 6) is 0. The van der Waals surface area contributed by atoms with Crippen LogP contribution in [0.2, 0.25) is 0 Å². The molecule has 4 rings (SSSR count). The molecule has 0 aliphatic rings. The molecule has 4 aromatic rings. The minimum absolute atomic E-state index is 0.315. The summed E-state index contributed by atoms with van der Waals surface area (Å²) in [6.45, 7) is 4.23. The van der Waals surface area contributed by atoms with Gasteiger partial charge >= 0.3 is 0 Å². The second-order valence-electron chi connectivity index (χ2n) is 5.94. The van der Waals surface area contributed by atoms with E-state index in [-0.39, 0.29) is 0 Å². The Morgan fingerprint density at radius 2 is 1.38 bits per heavy atom. The SMILES string of the molecule is CC(C)O[SiH2]c1ccc2ccc3cccc4ccc1c2c34. The predicted molar refractivity (Wildman–Crippen MR) is 94.5 cm³/mol. The van der Waals surface area contributed by atoms with E-state index in [1.54, 1.807) is 0 Å². The number of hydrogen-bond acceptors (Lipinski definition) is 1. The van der Waals surface area contributed by atoms with Gasteiger partial charge in [-0.05, 0) is 51.4 Å². The first kappa shape index (κ1) is 12.8. The van der Waals surface area contributed by atoms with E-state index in [2.05, 4.69) is 68.4 Å². The van der Waals surface area contributed by atoms with Crippen molar-refractivity contribution in [3.8, 4) is 0 Å². The van der Waals surface area contributed by atoms with Crippen LogP contribution in [0.1, 0.15) is 13.8 Å². The Balaban J connectivity index is 2.06. The molecule has 0 aliphatic carbocycles. The lowest BCUT2D eigenvalue weighted by molar-refractivity contribution is 0.260. The van der Waals surface area contributed by atoms with Gasteiger partial charge in [-0.2, -0.15) is 0 Å². The summed E-state index contributed by atoms with van der Waals surface area (Å²) in [6.07, 6.45) is 0.315. The van der Waals surface area contributed by atoms with Gasteiger partial charge in [0.25, 0.3) is 0 Å². The van der Waals surface area contributed by atoms with Crippen molar-refractivity contribution in [2.75, 3.05) is 0 Å². The van der Waals surface area contributed by atoms with Crippen LogP contribution in [0.5, 0.6) is 0 Å². The van der Waals surface area contributed by atoms with Crippen LogP contribution in [0.4, 0.5) is 0 Å². The highest BCUT2D eigenvalue weighted by molar-refractivity contribution is 6.52. The van der Waals surface area contributed by atoms with Crippen molar-refractivity contribution in [3.05, 3.63) is 54.6 Å². The molecule has 4 aromatic carbocycles. The standard InChI is InChI=1S/C19H18OSi/c1-12(2)20-21-17-11-9-15-7-6-13-4-3-5-14-8-10-16(17)19(15)18(13)14/h3-12H,21H2,1-2H3. The van der Waals surface area contributed by atoms with Crippen molar-refractivity contribution in [2.45, 2.75) is 20.0 Å². The van der Waals surface area contributed by atoms with Gasteiger partial charge in [-0.3, -0.25) is 0 Å². The maximum atomic E-state index is 5.96. The fraction of sp³-hybridized carbons (Fsp3) is 0.158. The molecule has 0 saturated carbocycles. The van der Waals surface area contributed by atoms with Crippen LogP contribution in [0, 0.1) is 0 Å². The van der Waals surface area contributed by atoms with Crippen LogP contribution in [-0.2, 0) is 4.43 Å². The molecule has 0 aromatic heterocycles. The van der Waals surface area contributed by atoms with Crippen molar-refractivity contribution in [1.29, 1.82) is 0 Å². The van der Waals surface area contributed by atoms with Gasteiger partial charge in [-0.25, -0.2) is 0 Å². The van der Waals surface area contributed by atoms with Crippen LogP contribution < -0.4 is 5.19 Å². The lowest BCUT2D eigenvalue weighted by Crippen LogP contribution is -2.21. The Hall–Kier alpha value is -1.90. The van der Waals surface area contributed by atoms with Crippen LogP contribution in [0.3, 0.4) is 0 Å². The summed E-state index contributed by atoms with van der Waals surface area (Å²) in [7, 11) is -0.675. The molecule has 21 heavy (non-hydrogen) atoms. The molecule has 0 bridgehead atoms. The first-order valence-corrected chi connectivity index (χ1v) is 8.79. The van der Waals surface area contributed by atoms with E-state index in [0.717, 1.165) is 0 Å². The quantitative estimate of drug-likeness (QED) is 0.413. The Labute approximate surface area is 126 Å². The predicted octanol–water partition coefficient (Wildman–Crippen LogP) is 3.72. The van der Waals surface area contributed by atoms with Crippen LogP contribution in [-0.4, -0.2) is 15.9 Å². The molecule has 0 amide bonds. The van der Waals surface area contributed by atoms with Gasteiger partial charge in [0.15, 0.2) is 9.76 Å².